The second-order valence-corrected chi connectivity index (χ2v) is 15.1. The van der Waals surface area contributed by atoms with Crippen molar-refractivity contribution < 1.29 is 18.9 Å². The highest BCUT2D eigenvalue weighted by Gasteiger charge is 2.46. The fourth-order valence-electron chi connectivity index (χ4n) is 3.48. The smallest absolute Gasteiger partial charge is 0.330 e. The molecular weight excluding hydrogens is 488 g/mol. The van der Waals surface area contributed by atoms with Crippen molar-refractivity contribution in [1.82, 2.24) is 9.55 Å². The van der Waals surface area contributed by atoms with Gasteiger partial charge in [0, 0.05) is 30.3 Å². The summed E-state index contributed by atoms with van der Waals surface area (Å²) in [5.41, 5.74) is 2.17. The predicted molar refractivity (Wildman–Crippen MR) is 134 cm³/mol. The molecule has 3 atom stereocenters. The number of nitro groups is 1. The van der Waals surface area contributed by atoms with Crippen LogP contribution in [0.25, 0.3) is 0 Å². The average molecular weight is 521 g/mol. The first-order chi connectivity index (χ1) is 16.7. The summed E-state index contributed by atoms with van der Waals surface area (Å²) in [7, 11) is -2.26. The van der Waals surface area contributed by atoms with Gasteiger partial charge in [-0.1, -0.05) is 20.8 Å². The molecule has 2 aromatic rings. The molecule has 3 unspecified atom stereocenters. The number of ether oxygens (including phenoxy) is 1. The zero-order valence-electron chi connectivity index (χ0n) is 21.2. The number of aromatic amines is 1. The summed E-state index contributed by atoms with van der Waals surface area (Å²) < 4.78 is 14.0. The highest BCUT2D eigenvalue weighted by atomic mass is 28.4. The van der Waals surface area contributed by atoms with Crippen LogP contribution in [0.4, 0.5) is 11.4 Å². The lowest BCUT2D eigenvalue weighted by molar-refractivity contribution is -0.538. The van der Waals surface area contributed by atoms with Crippen molar-refractivity contribution in [2.75, 3.05) is 12.0 Å². The van der Waals surface area contributed by atoms with Gasteiger partial charge in [0.2, 0.25) is 0 Å². The highest BCUT2D eigenvalue weighted by Crippen LogP contribution is 2.41. The Morgan fingerprint density at radius 2 is 1.89 bits per heavy atom. The molecule has 0 aliphatic carbocycles. The normalized spacial score (nSPS) is 20.9. The number of anilines is 1. The van der Waals surface area contributed by atoms with Crippen LogP contribution in [0.1, 0.15) is 39.0 Å². The minimum absolute atomic E-state index is 0.0803. The molecule has 36 heavy (non-hydrogen) atoms. The van der Waals surface area contributed by atoms with Gasteiger partial charge in [-0.15, -0.1) is 5.43 Å². The molecule has 196 valence electrons. The van der Waals surface area contributed by atoms with E-state index in [2.05, 4.69) is 49.5 Å². The van der Waals surface area contributed by atoms with Crippen molar-refractivity contribution in [3.63, 3.8) is 0 Å². The van der Waals surface area contributed by atoms with E-state index in [1.807, 2.05) is 0 Å². The monoisotopic (exact) mass is 520 g/mol. The quantitative estimate of drug-likeness (QED) is 0.175. The first-order valence-electron chi connectivity index (χ1n) is 11.5. The Balaban J connectivity index is 1.81. The summed E-state index contributed by atoms with van der Waals surface area (Å²) in [6.07, 6.45) is -0.174. The lowest BCUT2D eigenvalue weighted by Crippen LogP contribution is -2.47. The van der Waals surface area contributed by atoms with Crippen LogP contribution >= 0.6 is 0 Å². The molecule has 0 saturated carbocycles. The number of hydroxylamine groups is 1. The van der Waals surface area contributed by atoms with Gasteiger partial charge in [0.15, 0.2) is 8.32 Å². The van der Waals surface area contributed by atoms with Crippen LogP contribution in [-0.4, -0.2) is 46.4 Å². The van der Waals surface area contributed by atoms with Crippen molar-refractivity contribution in [2.45, 2.75) is 70.7 Å². The minimum Gasteiger partial charge on any atom is -0.696 e. The van der Waals surface area contributed by atoms with E-state index in [1.165, 1.54) is 35.0 Å². The molecule has 3 rings (SSSR count). The molecule has 0 radical (unpaired) electrons. The molecule has 0 spiro atoms. The Hall–Kier alpha value is -3.36. The first kappa shape index (κ1) is 27.2. The standard InChI is InChI=1S/C22H32N6O7Si/c1-14-12-26(21(30)23-20(14)29)19-11-17(35-36(5,6)22(2,3)4)18(34-19)13-27(31)25-24-15-7-9-16(10-8-15)28(32)33/h7-10,12,17-19,24H,11,13H2,1-6H3,(H,23,29,30)/b27-25-. The number of H-pyrrole nitrogens is 1. The van der Waals surface area contributed by atoms with E-state index >= 15 is 0 Å². The maximum Gasteiger partial charge on any atom is 0.330 e. The molecule has 1 aromatic carbocycles. The molecule has 2 N–H and O–H groups in total. The van der Waals surface area contributed by atoms with E-state index in [-0.39, 0.29) is 17.3 Å². The summed E-state index contributed by atoms with van der Waals surface area (Å²) in [6, 6.07) is 5.47. The molecule has 1 aromatic heterocycles. The maximum atomic E-state index is 12.6. The third-order valence-electron chi connectivity index (χ3n) is 6.59. The van der Waals surface area contributed by atoms with Gasteiger partial charge in [0.25, 0.3) is 11.2 Å². The SMILES string of the molecule is Cc1cn(C2CC(O[Si](C)(C)C(C)(C)C)C(C/[N+]([O-])=N/Nc3ccc([N+](=O)[O-])cc3)O2)c(=O)[nH]c1=O. The highest BCUT2D eigenvalue weighted by molar-refractivity contribution is 6.74. The lowest BCUT2D eigenvalue weighted by atomic mass is 10.2. The van der Waals surface area contributed by atoms with Crippen LogP contribution in [0.15, 0.2) is 45.3 Å². The van der Waals surface area contributed by atoms with Crippen LogP contribution < -0.4 is 16.7 Å². The molecular formula is C22H32N6O7Si. The van der Waals surface area contributed by atoms with E-state index in [0.717, 1.165) is 0 Å². The Morgan fingerprint density at radius 1 is 1.25 bits per heavy atom. The van der Waals surface area contributed by atoms with E-state index in [0.29, 0.717) is 22.5 Å². The molecule has 13 nitrogen and oxygen atoms in total. The molecule has 14 heteroatoms. The van der Waals surface area contributed by atoms with E-state index in [1.54, 1.807) is 6.92 Å². The fraction of sp³-hybridized carbons (Fsp3) is 0.545. The van der Waals surface area contributed by atoms with Crippen LogP contribution in [0.2, 0.25) is 18.1 Å². The minimum atomic E-state index is -2.26. The number of hydrogen-bond acceptors (Lipinski definition) is 8. The molecule has 1 aliphatic rings. The molecule has 1 saturated heterocycles. The first-order valence-corrected chi connectivity index (χ1v) is 14.4. The maximum absolute atomic E-state index is 12.6. The summed E-state index contributed by atoms with van der Waals surface area (Å²) >= 11 is 0. The van der Waals surface area contributed by atoms with E-state index < -0.39 is 42.9 Å². The van der Waals surface area contributed by atoms with Gasteiger partial charge in [0.1, 0.15) is 24.6 Å². The number of hydrogen-bond donors (Lipinski definition) is 2. The Morgan fingerprint density at radius 3 is 2.47 bits per heavy atom. The van der Waals surface area contributed by atoms with Gasteiger partial charge in [-0.05, 0) is 37.2 Å². The number of rotatable bonds is 8. The fourth-order valence-corrected chi connectivity index (χ4v) is 4.84. The van der Waals surface area contributed by atoms with Crippen molar-refractivity contribution in [1.29, 1.82) is 0 Å². The zero-order valence-corrected chi connectivity index (χ0v) is 22.2. The van der Waals surface area contributed by atoms with Crippen molar-refractivity contribution in [3.05, 3.63) is 72.2 Å². The molecule has 2 heterocycles. The molecule has 0 amide bonds. The van der Waals surface area contributed by atoms with Crippen molar-refractivity contribution in [3.8, 4) is 0 Å². The second kappa shape index (κ2) is 10.3. The van der Waals surface area contributed by atoms with Crippen molar-refractivity contribution in [2.24, 2.45) is 5.22 Å². The topological polar surface area (TPSA) is 167 Å². The summed E-state index contributed by atoms with van der Waals surface area (Å²) in [4.78, 5) is 37.2. The number of aromatic nitrogens is 2. The lowest BCUT2D eigenvalue weighted by Gasteiger charge is -2.39. The summed E-state index contributed by atoms with van der Waals surface area (Å²) in [5.74, 6) is 0. The van der Waals surface area contributed by atoms with E-state index in [4.69, 9.17) is 9.16 Å². The number of benzene rings is 1. The summed E-state index contributed by atoms with van der Waals surface area (Å²) in [5, 5.41) is 27.1. The van der Waals surface area contributed by atoms with Gasteiger partial charge in [-0.3, -0.25) is 24.5 Å². The predicted octanol–water partition coefficient (Wildman–Crippen LogP) is 3.42. The van der Waals surface area contributed by atoms with Crippen LogP contribution in [0.5, 0.6) is 0 Å². The Kier molecular flexibility index (Phi) is 7.81. The Bertz CT molecular complexity index is 1250. The van der Waals surface area contributed by atoms with Gasteiger partial charge in [-0.2, -0.15) is 4.86 Å². The number of nitrogens with zero attached hydrogens (tertiary/aromatic N) is 4. The number of nitrogens with one attached hydrogen (secondary N) is 2. The molecule has 1 aliphatic heterocycles. The zero-order chi connectivity index (χ0) is 26.8. The Labute approximate surface area is 208 Å². The average Bonchev–Trinajstić information content (AvgIpc) is 3.15. The largest absolute Gasteiger partial charge is 0.696 e. The second-order valence-electron chi connectivity index (χ2n) is 10.3. The molecule has 1 fully saturated rings. The number of aryl methyl sites for hydroxylation is 1. The van der Waals surface area contributed by atoms with Gasteiger partial charge < -0.3 is 14.4 Å². The van der Waals surface area contributed by atoms with Gasteiger partial charge in [0.05, 0.1) is 16.3 Å². The van der Waals surface area contributed by atoms with Crippen molar-refractivity contribution >= 4 is 19.7 Å². The summed E-state index contributed by atoms with van der Waals surface area (Å²) in [6.45, 7) is 11.9. The van der Waals surface area contributed by atoms with Gasteiger partial charge >= 0.3 is 5.69 Å². The van der Waals surface area contributed by atoms with Gasteiger partial charge in [-0.25, -0.2) is 4.79 Å². The van der Waals surface area contributed by atoms with Crippen LogP contribution in [-0.2, 0) is 9.16 Å². The number of nitro benzene ring substituents is 1. The molecule has 0 bridgehead atoms. The number of non-ortho nitro benzene ring substituents is 1. The van der Waals surface area contributed by atoms with E-state index in [9.17, 15) is 24.9 Å². The van der Waals surface area contributed by atoms with Crippen LogP contribution in [0, 0.1) is 22.2 Å². The third kappa shape index (κ3) is 6.25. The third-order valence-corrected chi connectivity index (χ3v) is 11.1. The van der Waals surface area contributed by atoms with Crippen LogP contribution in [0.3, 0.4) is 0 Å².